The number of thiazole rings is 1. The molecule has 0 aliphatic carbocycles. The van der Waals surface area contributed by atoms with E-state index in [4.69, 9.17) is 4.98 Å². The topological polar surface area (TPSA) is 17.3 Å². The molecule has 0 saturated carbocycles. The zero-order valence-electron chi connectivity index (χ0n) is 15.6. The zero-order valence-corrected chi connectivity index (χ0v) is 17.3. The van der Waals surface area contributed by atoms with Crippen molar-refractivity contribution in [3.63, 3.8) is 0 Å². The molecule has 0 aliphatic heterocycles. The summed E-state index contributed by atoms with van der Waals surface area (Å²) in [5, 5.41) is 6.25. The summed E-state index contributed by atoms with van der Waals surface area (Å²) in [5.74, 6) is 1.02. The number of aromatic nitrogens is 2. The Kier molecular flexibility index (Phi) is 4.35. The molecule has 5 aromatic rings. The van der Waals surface area contributed by atoms with Crippen LogP contribution in [0, 0.1) is 0 Å². The Hall–Kier alpha value is -2.74. The summed E-state index contributed by atoms with van der Waals surface area (Å²) in [6, 6.07) is 30.6. The molecule has 2 heterocycles. The van der Waals surface area contributed by atoms with E-state index in [1.165, 1.54) is 26.3 Å². The molecular weight excluding hydrogens is 379 g/mol. The van der Waals surface area contributed by atoms with Gasteiger partial charge < -0.3 is 0 Å². The molecule has 2 nitrogen and oxygen atoms in total. The van der Waals surface area contributed by atoms with E-state index in [1.54, 1.807) is 11.3 Å². The van der Waals surface area contributed by atoms with Gasteiger partial charge in [0, 0.05) is 11.6 Å². The predicted molar refractivity (Wildman–Crippen MR) is 123 cm³/mol. The van der Waals surface area contributed by atoms with Crippen LogP contribution in [0.4, 0.5) is 0 Å². The molecule has 4 heteroatoms. The van der Waals surface area contributed by atoms with Crippen molar-refractivity contribution in [3.05, 3.63) is 103 Å². The third kappa shape index (κ3) is 2.71. The number of nitrogens with zero attached hydrogens (tertiary/aromatic N) is 2. The van der Waals surface area contributed by atoms with Gasteiger partial charge in [-0.1, -0.05) is 48.5 Å². The minimum atomic E-state index is -1.81. The van der Waals surface area contributed by atoms with Crippen LogP contribution in [-0.4, -0.2) is 16.0 Å². The molecule has 0 unspecified atom stereocenters. The molecule has 0 N–H and O–H groups in total. The number of fused-ring (bicyclic) bond motifs is 1. The van der Waals surface area contributed by atoms with Crippen molar-refractivity contribution in [2.45, 2.75) is 0 Å². The molecule has 0 bridgehead atoms. The quantitative estimate of drug-likeness (QED) is 0.389. The van der Waals surface area contributed by atoms with E-state index in [2.05, 4.69) is 108 Å². The zero-order chi connectivity index (χ0) is 19.0. The van der Waals surface area contributed by atoms with Gasteiger partial charge in [0.1, 0.15) is 33.8 Å². The molecule has 0 amide bonds. The van der Waals surface area contributed by atoms with Crippen molar-refractivity contribution >= 4 is 39.3 Å². The van der Waals surface area contributed by atoms with Gasteiger partial charge in [0.25, 0.3) is 0 Å². The van der Waals surface area contributed by atoms with Crippen LogP contribution in [0.5, 0.6) is 0 Å². The van der Waals surface area contributed by atoms with Gasteiger partial charge >= 0.3 is 0 Å². The van der Waals surface area contributed by atoms with E-state index in [-0.39, 0.29) is 0 Å². The minimum absolute atomic E-state index is 1.02. The highest BCUT2D eigenvalue weighted by molar-refractivity contribution is 7.95. The molecule has 28 heavy (non-hydrogen) atoms. The highest BCUT2D eigenvalue weighted by Crippen LogP contribution is 2.53. The minimum Gasteiger partial charge on any atom is -0.290 e. The summed E-state index contributed by atoms with van der Waals surface area (Å²) in [6.45, 7) is 2.43. The van der Waals surface area contributed by atoms with E-state index in [0.29, 0.717) is 0 Å². The summed E-state index contributed by atoms with van der Waals surface area (Å²) >= 11 is 1.72. The highest BCUT2D eigenvalue weighted by atomic mass is 32.1. The summed E-state index contributed by atoms with van der Waals surface area (Å²) in [6.07, 6.45) is 4.08. The third-order valence-corrected chi connectivity index (χ3v) is 10.2. The lowest BCUT2D eigenvalue weighted by Gasteiger charge is -2.25. The number of rotatable bonds is 4. The SMILES string of the molecule is C[P+](c1ccccc1)(c1ccccc1)c1ccccc1-c1ncc2sccn12. The monoisotopic (exact) mass is 399 g/mol. The van der Waals surface area contributed by atoms with Gasteiger partial charge in [0.15, 0.2) is 0 Å². The largest absolute Gasteiger partial charge is 0.290 e. The molecule has 0 saturated heterocycles. The number of hydrogen-bond acceptors (Lipinski definition) is 2. The molecule has 0 fully saturated rings. The van der Waals surface area contributed by atoms with Gasteiger partial charge in [-0.15, -0.1) is 11.3 Å². The molecule has 0 radical (unpaired) electrons. The van der Waals surface area contributed by atoms with E-state index in [0.717, 1.165) is 5.82 Å². The first-order valence-electron chi connectivity index (χ1n) is 9.27. The van der Waals surface area contributed by atoms with Crippen LogP contribution in [0.1, 0.15) is 0 Å². The van der Waals surface area contributed by atoms with Gasteiger partial charge in [-0.2, -0.15) is 0 Å². The lowest BCUT2D eigenvalue weighted by molar-refractivity contribution is 1.19. The Bertz CT molecular complexity index is 1190. The number of benzene rings is 3. The Balaban J connectivity index is 1.82. The molecule has 136 valence electrons. The van der Waals surface area contributed by atoms with Gasteiger partial charge in [-0.25, -0.2) is 4.98 Å². The average molecular weight is 399 g/mol. The first-order chi connectivity index (χ1) is 13.8. The fraction of sp³-hybridized carbons (Fsp3) is 0.0417. The van der Waals surface area contributed by atoms with Gasteiger partial charge in [0.2, 0.25) is 0 Å². The summed E-state index contributed by atoms with van der Waals surface area (Å²) in [5.41, 5.74) is 1.21. The number of hydrogen-bond donors (Lipinski definition) is 0. The lowest BCUT2D eigenvalue weighted by Crippen LogP contribution is -2.31. The second-order valence-corrected chi connectivity index (χ2v) is 11.3. The van der Waals surface area contributed by atoms with Crippen molar-refractivity contribution < 1.29 is 0 Å². The first kappa shape index (κ1) is 17.4. The van der Waals surface area contributed by atoms with Crippen molar-refractivity contribution in [1.82, 2.24) is 9.38 Å². The van der Waals surface area contributed by atoms with Crippen molar-refractivity contribution in [2.75, 3.05) is 6.66 Å². The lowest BCUT2D eigenvalue weighted by atomic mass is 10.2. The van der Waals surface area contributed by atoms with Crippen LogP contribution in [0.3, 0.4) is 0 Å². The molecular formula is C24H20N2PS+. The van der Waals surface area contributed by atoms with E-state index in [9.17, 15) is 0 Å². The predicted octanol–water partition coefficient (Wildman–Crippen LogP) is 4.99. The van der Waals surface area contributed by atoms with Crippen LogP contribution in [0.25, 0.3) is 16.2 Å². The summed E-state index contributed by atoms with van der Waals surface area (Å²) in [7, 11) is -1.81. The first-order valence-corrected chi connectivity index (χ1v) is 12.4. The maximum absolute atomic E-state index is 4.78. The average Bonchev–Trinajstić information content (AvgIpc) is 3.38. The van der Waals surface area contributed by atoms with E-state index < -0.39 is 7.26 Å². The smallest absolute Gasteiger partial charge is 0.149 e. The molecule has 0 spiro atoms. The van der Waals surface area contributed by atoms with Gasteiger partial charge in [0.05, 0.1) is 18.4 Å². The fourth-order valence-electron chi connectivity index (χ4n) is 3.87. The van der Waals surface area contributed by atoms with Crippen LogP contribution >= 0.6 is 18.6 Å². The summed E-state index contributed by atoms with van der Waals surface area (Å²) < 4.78 is 2.20. The van der Waals surface area contributed by atoms with E-state index in [1.807, 2.05) is 6.20 Å². The van der Waals surface area contributed by atoms with Crippen molar-refractivity contribution in [3.8, 4) is 11.4 Å². The number of imidazole rings is 1. The molecule has 0 aliphatic rings. The standard InChI is InChI=1S/C24H20N2PS/c1-27(19-10-4-2-5-11-19,20-12-6-3-7-13-20)22-15-9-8-14-21(22)24-25-18-23-26(24)16-17-28-23/h2-18H,1H3/q+1. The normalized spacial score (nSPS) is 11.8. The van der Waals surface area contributed by atoms with Gasteiger partial charge in [-0.05, 0) is 36.4 Å². The Labute approximate surface area is 169 Å². The second kappa shape index (κ2) is 7.01. The van der Waals surface area contributed by atoms with Crippen molar-refractivity contribution in [1.29, 1.82) is 0 Å². The third-order valence-electron chi connectivity index (χ3n) is 5.33. The Morgan fingerprint density at radius 1 is 0.786 bits per heavy atom. The highest BCUT2D eigenvalue weighted by Gasteiger charge is 2.42. The van der Waals surface area contributed by atoms with Crippen LogP contribution in [0.15, 0.2) is 103 Å². The maximum atomic E-state index is 4.78. The Morgan fingerprint density at radius 3 is 2.07 bits per heavy atom. The molecule has 5 rings (SSSR count). The van der Waals surface area contributed by atoms with Crippen LogP contribution in [-0.2, 0) is 0 Å². The fourth-order valence-corrected chi connectivity index (χ4v) is 8.00. The van der Waals surface area contributed by atoms with E-state index >= 15 is 0 Å². The van der Waals surface area contributed by atoms with Crippen LogP contribution < -0.4 is 15.9 Å². The Morgan fingerprint density at radius 2 is 1.39 bits per heavy atom. The van der Waals surface area contributed by atoms with Crippen LogP contribution in [0.2, 0.25) is 0 Å². The van der Waals surface area contributed by atoms with Crippen molar-refractivity contribution in [2.24, 2.45) is 0 Å². The molecule has 0 atom stereocenters. The summed E-state index contributed by atoms with van der Waals surface area (Å²) in [4.78, 5) is 5.95. The van der Waals surface area contributed by atoms with Gasteiger partial charge in [-0.3, -0.25) is 4.40 Å². The molecule has 3 aromatic carbocycles. The maximum Gasteiger partial charge on any atom is 0.149 e. The molecule has 2 aromatic heterocycles. The second-order valence-electron chi connectivity index (χ2n) is 6.89.